The van der Waals surface area contributed by atoms with Crippen molar-refractivity contribution in [2.24, 2.45) is 7.05 Å². The van der Waals surface area contributed by atoms with E-state index in [9.17, 15) is 4.79 Å². The molecule has 1 aromatic carbocycles. The van der Waals surface area contributed by atoms with Gasteiger partial charge in [-0.25, -0.2) is 0 Å². The summed E-state index contributed by atoms with van der Waals surface area (Å²) in [6.07, 6.45) is 3.16. The van der Waals surface area contributed by atoms with E-state index in [0.717, 1.165) is 11.1 Å². The number of benzene rings is 1. The van der Waals surface area contributed by atoms with Crippen LogP contribution in [-0.4, -0.2) is 33.7 Å². The van der Waals surface area contributed by atoms with E-state index in [2.05, 4.69) is 5.10 Å². The van der Waals surface area contributed by atoms with E-state index >= 15 is 0 Å². The van der Waals surface area contributed by atoms with E-state index in [4.69, 9.17) is 4.74 Å². The Labute approximate surface area is 131 Å². The van der Waals surface area contributed by atoms with Gasteiger partial charge < -0.3 is 9.64 Å². The quantitative estimate of drug-likeness (QED) is 0.853. The summed E-state index contributed by atoms with van der Waals surface area (Å²) in [7, 11) is 3.65. The fourth-order valence-electron chi connectivity index (χ4n) is 2.30. The maximum atomic E-state index is 12.5. The second-order valence-electron chi connectivity index (χ2n) is 5.65. The Morgan fingerprint density at radius 2 is 2.09 bits per heavy atom. The number of carbonyl (C=O) groups is 1. The van der Waals surface area contributed by atoms with Crippen molar-refractivity contribution in [1.82, 2.24) is 14.7 Å². The van der Waals surface area contributed by atoms with Gasteiger partial charge in [0.05, 0.1) is 12.2 Å². The van der Waals surface area contributed by atoms with Crippen LogP contribution in [0.4, 0.5) is 0 Å². The lowest BCUT2D eigenvalue weighted by molar-refractivity contribution is -0.138. The molecular weight excluding hydrogens is 278 g/mol. The number of rotatable bonds is 5. The standard InChI is InChI=1S/C17H23N3O2/c1-12-7-6-8-16(9-12)22-14(3)17(21)20(5)13(2)15-10-18-19(4)11-15/h6-11,13-14H,1-5H3/t13-,14-/m1/s1. The van der Waals surface area contributed by atoms with Crippen molar-refractivity contribution >= 4 is 5.91 Å². The maximum Gasteiger partial charge on any atom is 0.263 e. The second kappa shape index (κ2) is 6.64. The molecule has 5 nitrogen and oxygen atoms in total. The number of hydrogen-bond donors (Lipinski definition) is 0. The Kier molecular flexibility index (Phi) is 4.85. The number of aromatic nitrogens is 2. The largest absolute Gasteiger partial charge is 0.481 e. The summed E-state index contributed by atoms with van der Waals surface area (Å²) < 4.78 is 7.49. The van der Waals surface area contributed by atoms with Crippen molar-refractivity contribution in [1.29, 1.82) is 0 Å². The van der Waals surface area contributed by atoms with Crippen LogP contribution in [0, 0.1) is 6.92 Å². The van der Waals surface area contributed by atoms with Gasteiger partial charge in [-0.3, -0.25) is 9.48 Å². The van der Waals surface area contributed by atoms with Crippen LogP contribution in [-0.2, 0) is 11.8 Å². The third kappa shape index (κ3) is 3.67. The Hall–Kier alpha value is -2.30. The Morgan fingerprint density at radius 3 is 2.68 bits per heavy atom. The van der Waals surface area contributed by atoms with Crippen molar-refractivity contribution in [3.8, 4) is 5.75 Å². The van der Waals surface area contributed by atoms with Crippen molar-refractivity contribution in [2.75, 3.05) is 7.05 Å². The Morgan fingerprint density at radius 1 is 1.36 bits per heavy atom. The number of amides is 1. The third-order valence-corrected chi connectivity index (χ3v) is 3.79. The minimum Gasteiger partial charge on any atom is -0.481 e. The van der Waals surface area contributed by atoms with Crippen molar-refractivity contribution in [3.05, 3.63) is 47.8 Å². The van der Waals surface area contributed by atoms with Gasteiger partial charge in [0.15, 0.2) is 6.10 Å². The minimum atomic E-state index is -0.536. The molecule has 0 saturated carbocycles. The molecule has 1 amide bonds. The number of aryl methyl sites for hydroxylation is 2. The first-order valence-electron chi connectivity index (χ1n) is 7.37. The summed E-state index contributed by atoms with van der Waals surface area (Å²) in [6, 6.07) is 7.65. The van der Waals surface area contributed by atoms with Crippen LogP contribution < -0.4 is 4.74 Å². The summed E-state index contributed by atoms with van der Waals surface area (Å²) in [6.45, 7) is 5.75. The lowest BCUT2D eigenvalue weighted by atomic mass is 10.1. The van der Waals surface area contributed by atoms with Crippen LogP contribution in [0.1, 0.15) is 31.0 Å². The normalized spacial score (nSPS) is 13.5. The summed E-state index contributed by atoms with van der Waals surface area (Å²) >= 11 is 0. The summed E-state index contributed by atoms with van der Waals surface area (Å²) in [5.74, 6) is 0.654. The number of ether oxygens (including phenoxy) is 1. The zero-order chi connectivity index (χ0) is 16.3. The van der Waals surface area contributed by atoms with E-state index in [-0.39, 0.29) is 11.9 Å². The van der Waals surface area contributed by atoms with E-state index in [1.807, 2.05) is 51.4 Å². The highest BCUT2D eigenvalue weighted by molar-refractivity contribution is 5.81. The molecule has 0 saturated heterocycles. The zero-order valence-electron chi connectivity index (χ0n) is 13.8. The van der Waals surface area contributed by atoms with Crippen molar-refractivity contribution in [2.45, 2.75) is 32.9 Å². The van der Waals surface area contributed by atoms with E-state index in [0.29, 0.717) is 5.75 Å². The van der Waals surface area contributed by atoms with Gasteiger partial charge in [-0.1, -0.05) is 12.1 Å². The molecule has 118 valence electrons. The van der Waals surface area contributed by atoms with E-state index in [1.54, 1.807) is 29.7 Å². The first kappa shape index (κ1) is 16.1. The molecule has 2 atom stereocenters. The SMILES string of the molecule is Cc1cccc(O[C@H](C)C(=O)N(C)[C@H](C)c2cnn(C)c2)c1. The molecule has 0 unspecified atom stereocenters. The topological polar surface area (TPSA) is 47.4 Å². The van der Waals surface area contributed by atoms with Crippen LogP contribution in [0.2, 0.25) is 0 Å². The van der Waals surface area contributed by atoms with E-state index < -0.39 is 6.10 Å². The predicted octanol–water partition coefficient (Wildman–Crippen LogP) is 2.72. The van der Waals surface area contributed by atoms with Crippen LogP contribution >= 0.6 is 0 Å². The van der Waals surface area contributed by atoms with Crippen molar-refractivity contribution < 1.29 is 9.53 Å². The lowest BCUT2D eigenvalue weighted by Crippen LogP contribution is -2.39. The summed E-state index contributed by atoms with van der Waals surface area (Å²) in [4.78, 5) is 14.2. The highest BCUT2D eigenvalue weighted by Crippen LogP contribution is 2.20. The van der Waals surface area contributed by atoms with Gasteiger partial charge in [0, 0.05) is 25.9 Å². The molecule has 0 N–H and O–H groups in total. The zero-order valence-corrected chi connectivity index (χ0v) is 13.8. The average molecular weight is 301 g/mol. The molecule has 22 heavy (non-hydrogen) atoms. The molecule has 0 aliphatic heterocycles. The fraction of sp³-hybridized carbons (Fsp3) is 0.412. The lowest BCUT2D eigenvalue weighted by Gasteiger charge is -2.27. The number of nitrogens with zero attached hydrogens (tertiary/aromatic N) is 3. The molecule has 2 aromatic rings. The molecule has 0 spiro atoms. The van der Waals surface area contributed by atoms with Gasteiger partial charge in [0.1, 0.15) is 5.75 Å². The molecule has 0 aliphatic carbocycles. The number of carbonyl (C=O) groups excluding carboxylic acids is 1. The van der Waals surface area contributed by atoms with Gasteiger partial charge in [-0.15, -0.1) is 0 Å². The first-order chi connectivity index (χ1) is 10.4. The van der Waals surface area contributed by atoms with Gasteiger partial charge >= 0.3 is 0 Å². The highest BCUT2D eigenvalue weighted by Gasteiger charge is 2.24. The Bertz CT molecular complexity index is 651. The molecule has 0 aliphatic rings. The molecule has 0 fully saturated rings. The first-order valence-corrected chi connectivity index (χ1v) is 7.37. The second-order valence-corrected chi connectivity index (χ2v) is 5.65. The molecule has 5 heteroatoms. The van der Waals surface area contributed by atoms with Crippen LogP contribution in [0.3, 0.4) is 0 Å². The molecular formula is C17H23N3O2. The fourth-order valence-corrected chi connectivity index (χ4v) is 2.30. The molecule has 2 rings (SSSR count). The third-order valence-electron chi connectivity index (χ3n) is 3.79. The molecule has 0 radical (unpaired) electrons. The minimum absolute atomic E-state index is 0.0511. The monoisotopic (exact) mass is 301 g/mol. The van der Waals surface area contributed by atoms with E-state index in [1.165, 1.54) is 0 Å². The smallest absolute Gasteiger partial charge is 0.263 e. The van der Waals surface area contributed by atoms with Crippen LogP contribution in [0.25, 0.3) is 0 Å². The molecule has 1 heterocycles. The van der Waals surface area contributed by atoms with Gasteiger partial charge in [-0.05, 0) is 38.5 Å². The van der Waals surface area contributed by atoms with Crippen LogP contribution in [0.15, 0.2) is 36.7 Å². The van der Waals surface area contributed by atoms with Crippen molar-refractivity contribution in [3.63, 3.8) is 0 Å². The number of likely N-dealkylation sites (N-methyl/N-ethyl adjacent to an activating group) is 1. The molecule has 1 aromatic heterocycles. The highest BCUT2D eigenvalue weighted by atomic mass is 16.5. The Balaban J connectivity index is 2.03. The summed E-state index contributed by atoms with van der Waals surface area (Å²) in [5.41, 5.74) is 2.11. The van der Waals surface area contributed by atoms with Gasteiger partial charge in [0.2, 0.25) is 0 Å². The maximum absolute atomic E-state index is 12.5. The predicted molar refractivity (Wildman–Crippen MR) is 85.7 cm³/mol. The molecule has 0 bridgehead atoms. The average Bonchev–Trinajstić information content (AvgIpc) is 2.91. The number of hydrogen-bond acceptors (Lipinski definition) is 3. The summed E-state index contributed by atoms with van der Waals surface area (Å²) in [5, 5.41) is 4.15. The van der Waals surface area contributed by atoms with Gasteiger partial charge in [0.25, 0.3) is 5.91 Å². The van der Waals surface area contributed by atoms with Gasteiger partial charge in [-0.2, -0.15) is 5.10 Å². The van der Waals surface area contributed by atoms with Crippen LogP contribution in [0.5, 0.6) is 5.75 Å².